The molecule has 0 saturated carbocycles. The summed E-state index contributed by atoms with van der Waals surface area (Å²) in [7, 11) is 0. The summed E-state index contributed by atoms with van der Waals surface area (Å²) in [4.78, 5) is 31.8. The van der Waals surface area contributed by atoms with Gasteiger partial charge in [-0.15, -0.1) is 0 Å². The van der Waals surface area contributed by atoms with Crippen molar-refractivity contribution in [2.75, 3.05) is 26.2 Å². The number of carboxylic acid groups (broad SMARTS) is 1. The van der Waals surface area contributed by atoms with Gasteiger partial charge in [0.2, 0.25) is 0 Å². The van der Waals surface area contributed by atoms with Crippen LogP contribution in [0, 0.1) is 5.92 Å². The van der Waals surface area contributed by atoms with Crippen LogP contribution >= 0.6 is 0 Å². The van der Waals surface area contributed by atoms with Gasteiger partial charge in [-0.1, -0.05) is 18.2 Å². The van der Waals surface area contributed by atoms with Gasteiger partial charge in [-0.05, 0) is 83.0 Å². The fourth-order valence-corrected chi connectivity index (χ4v) is 5.30. The molecular formula is C25H35N3O4. The summed E-state index contributed by atoms with van der Waals surface area (Å²) in [6.45, 7) is 8.25. The van der Waals surface area contributed by atoms with Crippen LogP contribution in [0.3, 0.4) is 0 Å². The van der Waals surface area contributed by atoms with Crippen molar-refractivity contribution in [2.24, 2.45) is 5.92 Å². The quantitative estimate of drug-likeness (QED) is 0.732. The minimum Gasteiger partial charge on any atom is -0.480 e. The molecule has 1 atom stereocenters. The average Bonchev–Trinajstić information content (AvgIpc) is 3.18. The number of carbonyl (C=O) groups is 2. The number of aromatic nitrogens is 1. The number of amides is 1. The van der Waals surface area contributed by atoms with Gasteiger partial charge in [-0.3, -0.25) is 9.69 Å². The number of para-hydroxylation sites is 1. The van der Waals surface area contributed by atoms with Gasteiger partial charge in [-0.25, -0.2) is 4.79 Å². The molecule has 3 heterocycles. The Hall–Kier alpha value is -2.54. The van der Waals surface area contributed by atoms with Gasteiger partial charge in [0.05, 0.1) is 0 Å². The number of carbonyl (C=O) groups excluding carboxylic acids is 1. The zero-order chi connectivity index (χ0) is 22.9. The van der Waals surface area contributed by atoms with Crippen molar-refractivity contribution in [1.29, 1.82) is 0 Å². The first kappa shape index (κ1) is 22.6. The fourth-order valence-electron chi connectivity index (χ4n) is 5.30. The number of fused-ring (bicyclic) bond motifs is 1. The number of piperidine rings is 2. The molecule has 1 amide bonds. The van der Waals surface area contributed by atoms with Gasteiger partial charge in [0.1, 0.15) is 11.6 Å². The Labute approximate surface area is 189 Å². The first-order chi connectivity index (χ1) is 15.2. The van der Waals surface area contributed by atoms with E-state index in [-0.39, 0.29) is 12.0 Å². The number of hydrogen-bond acceptors (Lipinski definition) is 4. The number of H-pyrrole nitrogens is 1. The van der Waals surface area contributed by atoms with E-state index < -0.39 is 17.6 Å². The molecule has 7 nitrogen and oxygen atoms in total. The minimum atomic E-state index is -0.744. The van der Waals surface area contributed by atoms with Crippen LogP contribution < -0.4 is 0 Å². The molecule has 2 aliphatic rings. The van der Waals surface area contributed by atoms with Crippen molar-refractivity contribution in [2.45, 2.75) is 64.0 Å². The van der Waals surface area contributed by atoms with E-state index in [9.17, 15) is 14.7 Å². The van der Waals surface area contributed by atoms with Crippen LogP contribution in [-0.2, 0) is 9.53 Å². The summed E-state index contributed by atoms with van der Waals surface area (Å²) < 4.78 is 5.47. The van der Waals surface area contributed by atoms with Crippen molar-refractivity contribution in [3.05, 3.63) is 36.0 Å². The van der Waals surface area contributed by atoms with Crippen molar-refractivity contribution in [3.8, 4) is 0 Å². The number of nitrogens with one attached hydrogen (secondary N) is 1. The minimum absolute atomic E-state index is 0.0517. The Morgan fingerprint density at radius 2 is 1.72 bits per heavy atom. The third-order valence-electron chi connectivity index (χ3n) is 6.87. The molecule has 2 aromatic rings. The zero-order valence-electron chi connectivity index (χ0n) is 19.3. The number of aromatic amines is 1. The number of aliphatic carboxylic acids is 1. The first-order valence-corrected chi connectivity index (χ1v) is 11.7. The van der Waals surface area contributed by atoms with Crippen molar-refractivity contribution >= 4 is 23.0 Å². The molecule has 0 radical (unpaired) electrons. The van der Waals surface area contributed by atoms with Crippen LogP contribution in [0.25, 0.3) is 10.9 Å². The van der Waals surface area contributed by atoms with E-state index in [1.165, 1.54) is 10.9 Å². The molecule has 0 aliphatic carbocycles. The summed E-state index contributed by atoms with van der Waals surface area (Å²) in [5.74, 6) is -0.243. The van der Waals surface area contributed by atoms with Gasteiger partial charge >= 0.3 is 12.1 Å². The third kappa shape index (κ3) is 4.93. The predicted octanol–water partition coefficient (Wildman–Crippen LogP) is 4.45. The molecule has 1 unspecified atom stereocenters. The Morgan fingerprint density at radius 3 is 2.34 bits per heavy atom. The summed E-state index contributed by atoms with van der Waals surface area (Å²) in [6, 6.07) is 7.87. The van der Waals surface area contributed by atoms with Crippen LogP contribution in [0.1, 0.15) is 57.9 Å². The second-order valence-electron chi connectivity index (χ2n) is 10.2. The topological polar surface area (TPSA) is 85.9 Å². The highest BCUT2D eigenvalue weighted by Crippen LogP contribution is 2.35. The standard InChI is InChI=1S/C25H35N3O4/c1-25(2,3)32-24(31)28-14-10-18(11-15-28)22(23(29)30)27-12-8-17(9-13-27)20-16-26-21-7-5-4-6-19(20)21/h4-7,16-18,22,26H,8-15H2,1-3H3,(H,29,30). The van der Waals surface area contributed by atoms with E-state index in [1.54, 1.807) is 4.90 Å². The third-order valence-corrected chi connectivity index (χ3v) is 6.87. The van der Waals surface area contributed by atoms with Gasteiger partial charge in [0.15, 0.2) is 0 Å². The molecule has 7 heteroatoms. The van der Waals surface area contributed by atoms with Crippen LogP contribution in [0.2, 0.25) is 0 Å². The number of ether oxygens (including phenoxy) is 1. The zero-order valence-corrected chi connectivity index (χ0v) is 19.3. The van der Waals surface area contributed by atoms with E-state index >= 15 is 0 Å². The number of carboxylic acids is 1. The summed E-state index contributed by atoms with van der Waals surface area (Å²) in [5, 5.41) is 11.3. The summed E-state index contributed by atoms with van der Waals surface area (Å²) in [6.07, 6.45) is 5.12. The smallest absolute Gasteiger partial charge is 0.410 e. The van der Waals surface area contributed by atoms with Crippen LogP contribution in [-0.4, -0.2) is 69.8 Å². The van der Waals surface area contributed by atoms with E-state index in [0.717, 1.165) is 31.4 Å². The second-order valence-corrected chi connectivity index (χ2v) is 10.2. The SMILES string of the molecule is CC(C)(C)OC(=O)N1CCC(C(C(=O)O)N2CCC(c3c[nH]c4ccccc34)CC2)CC1. The molecule has 2 aliphatic heterocycles. The number of likely N-dealkylation sites (tertiary alicyclic amines) is 2. The molecule has 2 saturated heterocycles. The molecule has 1 aromatic carbocycles. The highest BCUT2D eigenvalue weighted by Gasteiger charge is 2.39. The van der Waals surface area contributed by atoms with Crippen LogP contribution in [0.5, 0.6) is 0 Å². The molecule has 0 spiro atoms. The van der Waals surface area contributed by atoms with Gasteiger partial charge in [0, 0.05) is 30.2 Å². The monoisotopic (exact) mass is 441 g/mol. The van der Waals surface area contributed by atoms with Crippen molar-refractivity contribution in [1.82, 2.24) is 14.8 Å². The van der Waals surface area contributed by atoms with Crippen molar-refractivity contribution < 1.29 is 19.4 Å². The number of hydrogen-bond donors (Lipinski definition) is 2. The lowest BCUT2D eigenvalue weighted by Gasteiger charge is -2.42. The van der Waals surface area contributed by atoms with Crippen LogP contribution in [0.15, 0.2) is 30.5 Å². The van der Waals surface area contributed by atoms with Crippen molar-refractivity contribution in [3.63, 3.8) is 0 Å². The molecule has 2 fully saturated rings. The maximum absolute atomic E-state index is 12.3. The molecule has 4 rings (SSSR count). The average molecular weight is 442 g/mol. The van der Waals surface area contributed by atoms with E-state index in [0.29, 0.717) is 31.8 Å². The molecule has 0 bridgehead atoms. The molecule has 1 aromatic heterocycles. The maximum atomic E-state index is 12.3. The Morgan fingerprint density at radius 1 is 1.06 bits per heavy atom. The normalized spacial score (nSPS) is 20.4. The molecule has 2 N–H and O–H groups in total. The Balaban J connectivity index is 1.35. The predicted molar refractivity (Wildman–Crippen MR) is 124 cm³/mol. The fraction of sp³-hybridized carbons (Fsp3) is 0.600. The van der Waals surface area contributed by atoms with Gasteiger partial charge in [0.25, 0.3) is 0 Å². The first-order valence-electron chi connectivity index (χ1n) is 11.7. The summed E-state index contributed by atoms with van der Waals surface area (Å²) >= 11 is 0. The van der Waals surface area contributed by atoms with E-state index in [4.69, 9.17) is 4.74 Å². The molecule has 32 heavy (non-hydrogen) atoms. The van der Waals surface area contributed by atoms with Gasteiger partial charge < -0.3 is 19.7 Å². The van der Waals surface area contributed by atoms with Gasteiger partial charge in [-0.2, -0.15) is 0 Å². The molecule has 174 valence electrons. The lowest BCUT2D eigenvalue weighted by Crippen LogP contribution is -2.52. The lowest BCUT2D eigenvalue weighted by molar-refractivity contribution is -0.147. The molecular weight excluding hydrogens is 406 g/mol. The largest absolute Gasteiger partial charge is 0.480 e. The highest BCUT2D eigenvalue weighted by atomic mass is 16.6. The number of rotatable bonds is 4. The number of benzene rings is 1. The number of nitrogens with zero attached hydrogens (tertiary/aromatic N) is 2. The lowest BCUT2D eigenvalue weighted by atomic mass is 9.84. The van der Waals surface area contributed by atoms with Crippen LogP contribution in [0.4, 0.5) is 4.79 Å². The second kappa shape index (κ2) is 9.14. The maximum Gasteiger partial charge on any atom is 0.410 e. The Kier molecular flexibility index (Phi) is 6.47. The van der Waals surface area contributed by atoms with E-state index in [1.807, 2.05) is 26.8 Å². The summed E-state index contributed by atoms with van der Waals surface area (Å²) in [5.41, 5.74) is 1.98. The highest BCUT2D eigenvalue weighted by molar-refractivity contribution is 5.83. The van der Waals surface area contributed by atoms with E-state index in [2.05, 4.69) is 34.3 Å². The Bertz CT molecular complexity index is 947.